The zero-order chi connectivity index (χ0) is 13.0. The molecule has 1 aromatic carbocycles. The van der Waals surface area contributed by atoms with Crippen LogP contribution in [0.3, 0.4) is 0 Å². The van der Waals surface area contributed by atoms with Crippen molar-refractivity contribution in [1.29, 1.82) is 5.26 Å². The number of hydrogen-bond acceptors (Lipinski definition) is 4. The Balaban J connectivity index is 2.20. The summed E-state index contributed by atoms with van der Waals surface area (Å²) in [6, 6.07) is 5.59. The Morgan fingerprint density at radius 3 is 2.83 bits per heavy atom. The van der Waals surface area contributed by atoms with Crippen molar-refractivity contribution in [3.63, 3.8) is 0 Å². The highest BCUT2D eigenvalue weighted by atomic mass is 19.1. The summed E-state index contributed by atoms with van der Waals surface area (Å²) in [6.07, 6.45) is 4.07. The minimum Gasteiger partial charge on any atom is -0.318 e. The van der Waals surface area contributed by atoms with Gasteiger partial charge in [-0.15, -0.1) is 0 Å². The molecule has 5 nitrogen and oxygen atoms in total. The molecule has 1 heterocycles. The molecule has 0 spiro atoms. The maximum Gasteiger partial charge on any atom is 0.275 e. The van der Waals surface area contributed by atoms with E-state index in [0.717, 1.165) is 6.07 Å². The van der Waals surface area contributed by atoms with E-state index in [0.29, 0.717) is 0 Å². The standard InChI is InChI=1S/C12H7FN4O/c13-9-5-8(6-14)1-2-10(9)17-12(18)11-7-15-3-4-16-11/h1-5,7H,(H,17,18). The predicted molar refractivity (Wildman–Crippen MR) is 61.1 cm³/mol. The third-order valence-electron chi connectivity index (χ3n) is 2.14. The van der Waals surface area contributed by atoms with Gasteiger partial charge in [0.15, 0.2) is 0 Å². The molecule has 0 aliphatic heterocycles. The molecule has 0 radical (unpaired) electrons. The maximum atomic E-state index is 13.5. The molecule has 0 aliphatic rings. The van der Waals surface area contributed by atoms with Crippen LogP contribution in [0.15, 0.2) is 36.8 Å². The van der Waals surface area contributed by atoms with E-state index < -0.39 is 11.7 Å². The van der Waals surface area contributed by atoms with Gasteiger partial charge in [0.05, 0.1) is 23.5 Å². The van der Waals surface area contributed by atoms with Crippen molar-refractivity contribution in [2.24, 2.45) is 0 Å². The quantitative estimate of drug-likeness (QED) is 0.869. The number of aromatic nitrogens is 2. The van der Waals surface area contributed by atoms with Crippen LogP contribution in [-0.2, 0) is 0 Å². The highest BCUT2D eigenvalue weighted by Crippen LogP contribution is 2.15. The first kappa shape index (κ1) is 11.7. The Morgan fingerprint density at radius 2 is 2.22 bits per heavy atom. The normalized spacial score (nSPS) is 9.56. The van der Waals surface area contributed by atoms with Gasteiger partial charge in [-0.1, -0.05) is 0 Å². The fourth-order valence-corrected chi connectivity index (χ4v) is 1.29. The number of nitrogens with zero attached hydrogens (tertiary/aromatic N) is 3. The summed E-state index contributed by atoms with van der Waals surface area (Å²) >= 11 is 0. The van der Waals surface area contributed by atoms with E-state index in [9.17, 15) is 9.18 Å². The van der Waals surface area contributed by atoms with Gasteiger partial charge in [-0.3, -0.25) is 9.78 Å². The second-order valence-corrected chi connectivity index (χ2v) is 3.35. The number of hydrogen-bond donors (Lipinski definition) is 1. The number of nitriles is 1. The molecule has 0 bridgehead atoms. The lowest BCUT2D eigenvalue weighted by Crippen LogP contribution is -2.14. The van der Waals surface area contributed by atoms with Crippen LogP contribution < -0.4 is 5.32 Å². The molecule has 0 saturated heterocycles. The predicted octanol–water partition coefficient (Wildman–Crippen LogP) is 1.74. The minimum absolute atomic E-state index is 0.00958. The van der Waals surface area contributed by atoms with E-state index in [4.69, 9.17) is 5.26 Å². The van der Waals surface area contributed by atoms with E-state index in [1.807, 2.05) is 0 Å². The lowest BCUT2D eigenvalue weighted by atomic mass is 10.2. The SMILES string of the molecule is N#Cc1ccc(NC(=O)c2cnccn2)c(F)c1. The number of halogens is 1. The fraction of sp³-hybridized carbons (Fsp3) is 0. The van der Waals surface area contributed by atoms with E-state index >= 15 is 0 Å². The Morgan fingerprint density at radius 1 is 1.39 bits per heavy atom. The Labute approximate surface area is 102 Å². The van der Waals surface area contributed by atoms with Gasteiger partial charge >= 0.3 is 0 Å². The van der Waals surface area contributed by atoms with Crippen molar-refractivity contribution >= 4 is 11.6 Å². The van der Waals surface area contributed by atoms with Crippen molar-refractivity contribution in [2.45, 2.75) is 0 Å². The average Bonchev–Trinajstić information content (AvgIpc) is 2.42. The van der Waals surface area contributed by atoms with Crippen LogP contribution in [-0.4, -0.2) is 15.9 Å². The second kappa shape index (κ2) is 5.01. The number of rotatable bonds is 2. The maximum absolute atomic E-state index is 13.5. The summed E-state index contributed by atoms with van der Waals surface area (Å²) in [5, 5.41) is 10.9. The largest absolute Gasteiger partial charge is 0.318 e. The van der Waals surface area contributed by atoms with Gasteiger partial charge in [-0.25, -0.2) is 9.37 Å². The molecular weight excluding hydrogens is 235 g/mol. The number of amides is 1. The van der Waals surface area contributed by atoms with Crippen LogP contribution in [0, 0.1) is 17.1 Å². The topological polar surface area (TPSA) is 78.7 Å². The first-order chi connectivity index (χ1) is 8.70. The molecule has 1 N–H and O–H groups in total. The monoisotopic (exact) mass is 242 g/mol. The summed E-state index contributed by atoms with van der Waals surface area (Å²) in [5.41, 5.74) is 0.260. The van der Waals surface area contributed by atoms with Crippen LogP contribution in [0.4, 0.5) is 10.1 Å². The van der Waals surface area contributed by atoms with Gasteiger partial charge in [0.2, 0.25) is 0 Å². The van der Waals surface area contributed by atoms with Gasteiger partial charge in [-0.05, 0) is 18.2 Å². The van der Waals surface area contributed by atoms with Gasteiger partial charge in [0, 0.05) is 12.4 Å². The van der Waals surface area contributed by atoms with E-state index in [-0.39, 0.29) is 16.9 Å². The van der Waals surface area contributed by atoms with Crippen LogP contribution in [0.1, 0.15) is 16.1 Å². The Hall–Kier alpha value is -2.81. The third kappa shape index (κ3) is 2.47. The van der Waals surface area contributed by atoms with Crippen molar-refractivity contribution in [3.05, 3.63) is 53.9 Å². The number of nitrogens with one attached hydrogen (secondary N) is 1. The van der Waals surface area contributed by atoms with Crippen LogP contribution >= 0.6 is 0 Å². The van der Waals surface area contributed by atoms with E-state index in [1.165, 1.54) is 30.7 Å². The Kier molecular flexibility index (Phi) is 3.25. The molecule has 1 amide bonds. The number of carbonyl (C=O) groups is 1. The fourth-order valence-electron chi connectivity index (χ4n) is 1.29. The van der Waals surface area contributed by atoms with Crippen molar-refractivity contribution in [1.82, 2.24) is 9.97 Å². The highest BCUT2D eigenvalue weighted by Gasteiger charge is 2.10. The van der Waals surface area contributed by atoms with Gasteiger partial charge in [0.1, 0.15) is 11.5 Å². The average molecular weight is 242 g/mol. The smallest absolute Gasteiger partial charge is 0.275 e. The summed E-state index contributed by atoms with van der Waals surface area (Å²) < 4.78 is 13.5. The molecule has 1 aromatic heterocycles. The zero-order valence-corrected chi connectivity index (χ0v) is 9.09. The number of anilines is 1. The molecule has 2 aromatic rings. The molecule has 0 saturated carbocycles. The van der Waals surface area contributed by atoms with Crippen molar-refractivity contribution in [2.75, 3.05) is 5.32 Å². The molecule has 88 valence electrons. The zero-order valence-electron chi connectivity index (χ0n) is 9.09. The lowest BCUT2D eigenvalue weighted by Gasteiger charge is -2.05. The highest BCUT2D eigenvalue weighted by molar-refractivity contribution is 6.02. The summed E-state index contributed by atoms with van der Waals surface area (Å²) in [5.74, 6) is -1.24. The molecule has 0 unspecified atom stereocenters. The van der Waals surface area contributed by atoms with Crippen LogP contribution in [0.5, 0.6) is 0 Å². The number of carbonyl (C=O) groups excluding carboxylic acids is 1. The minimum atomic E-state index is -0.675. The third-order valence-corrected chi connectivity index (χ3v) is 2.14. The summed E-state index contributed by atoms with van der Waals surface area (Å²) in [7, 11) is 0. The molecule has 0 fully saturated rings. The second-order valence-electron chi connectivity index (χ2n) is 3.35. The molecule has 0 atom stereocenters. The van der Waals surface area contributed by atoms with Crippen molar-refractivity contribution < 1.29 is 9.18 Å². The number of benzene rings is 1. The molecule has 2 rings (SSSR count). The van der Waals surface area contributed by atoms with Crippen LogP contribution in [0.25, 0.3) is 0 Å². The van der Waals surface area contributed by atoms with Gasteiger partial charge < -0.3 is 5.32 Å². The van der Waals surface area contributed by atoms with E-state index in [2.05, 4.69) is 15.3 Å². The van der Waals surface area contributed by atoms with Crippen LogP contribution in [0.2, 0.25) is 0 Å². The summed E-state index contributed by atoms with van der Waals surface area (Å²) in [4.78, 5) is 19.2. The molecule has 6 heteroatoms. The van der Waals surface area contributed by atoms with Crippen molar-refractivity contribution in [3.8, 4) is 6.07 Å². The molecular formula is C12H7FN4O. The molecule has 0 aliphatic carbocycles. The first-order valence-electron chi connectivity index (χ1n) is 4.97. The van der Waals surface area contributed by atoms with Gasteiger partial charge in [-0.2, -0.15) is 5.26 Å². The van der Waals surface area contributed by atoms with E-state index in [1.54, 1.807) is 6.07 Å². The molecule has 18 heavy (non-hydrogen) atoms. The Bertz CT molecular complexity index is 622. The summed E-state index contributed by atoms with van der Waals surface area (Å²) in [6.45, 7) is 0. The van der Waals surface area contributed by atoms with Gasteiger partial charge in [0.25, 0.3) is 5.91 Å². The lowest BCUT2D eigenvalue weighted by molar-refractivity contribution is 0.102. The first-order valence-corrected chi connectivity index (χ1v) is 4.97.